The van der Waals surface area contributed by atoms with Crippen molar-refractivity contribution in [3.8, 4) is 0 Å². The third-order valence-corrected chi connectivity index (χ3v) is 22.2. The summed E-state index contributed by atoms with van der Waals surface area (Å²) >= 11 is 2.31. The standard InChI is InChI=1S/C45H61IO12Si2/c1-28-34(57-59(8,9)44(2,3)4)36(58-60(10,11)45(5,6)7)33(46)43(52-28)51-27-32-35(54-39(47)29-21-15-12-16-22-29)37(55-40(48)30-23-17-13-18-24-30)38(42(50)53-32)56-41(49)31-25-19-14-20-26-31/h12-26,28,32-38,42-43,50H,27H2,1-11H3/t28-,32-,33+,34-,35-,36-,37+,38-,42+,43+/m1/s1. The predicted octanol–water partition coefficient (Wildman–Crippen LogP) is 8.73. The Hall–Kier alpha value is -3.01. The zero-order valence-electron chi connectivity index (χ0n) is 36.5. The molecule has 0 amide bonds. The van der Waals surface area contributed by atoms with Crippen molar-refractivity contribution < 1.29 is 56.8 Å². The van der Waals surface area contributed by atoms with Crippen LogP contribution in [0, 0.1) is 0 Å². The van der Waals surface area contributed by atoms with Crippen molar-refractivity contribution in [2.75, 3.05) is 6.61 Å². The highest BCUT2D eigenvalue weighted by Crippen LogP contribution is 2.44. The van der Waals surface area contributed by atoms with E-state index < -0.39 is 89.9 Å². The second-order valence-corrected chi connectivity index (χ2v) is 29.4. The summed E-state index contributed by atoms with van der Waals surface area (Å²) in [6.07, 6.45) is -9.79. The van der Waals surface area contributed by atoms with Gasteiger partial charge in [0.2, 0.25) is 0 Å². The molecule has 0 unspecified atom stereocenters. The molecule has 0 radical (unpaired) electrons. The lowest BCUT2D eigenvalue weighted by Crippen LogP contribution is -2.64. The van der Waals surface area contributed by atoms with Gasteiger partial charge >= 0.3 is 17.9 Å². The van der Waals surface area contributed by atoms with Crippen molar-refractivity contribution in [1.82, 2.24) is 0 Å². The second-order valence-electron chi connectivity index (χ2n) is 18.4. The zero-order valence-corrected chi connectivity index (χ0v) is 40.6. The maximum absolute atomic E-state index is 13.8. The number of benzene rings is 3. The Balaban J connectivity index is 1.49. The number of hydrogen-bond donors (Lipinski definition) is 1. The molecule has 15 heteroatoms. The van der Waals surface area contributed by atoms with Gasteiger partial charge in [0.1, 0.15) is 6.10 Å². The Morgan fingerprint density at radius 1 is 0.600 bits per heavy atom. The summed E-state index contributed by atoms with van der Waals surface area (Å²) in [5.41, 5.74) is 0.583. The van der Waals surface area contributed by atoms with E-state index in [0.29, 0.717) is 0 Å². The van der Waals surface area contributed by atoms with Crippen LogP contribution in [0.2, 0.25) is 36.3 Å². The van der Waals surface area contributed by atoms with Crippen molar-refractivity contribution in [3.63, 3.8) is 0 Å². The number of rotatable bonds is 13. The minimum Gasteiger partial charge on any atom is -0.452 e. The highest BCUT2D eigenvalue weighted by atomic mass is 127. The molecule has 2 saturated heterocycles. The molecule has 0 saturated carbocycles. The molecule has 60 heavy (non-hydrogen) atoms. The number of carbonyl (C=O) groups excluding carboxylic acids is 3. The molecule has 1 N–H and O–H groups in total. The molecule has 10 atom stereocenters. The molecule has 0 bridgehead atoms. The molecule has 0 spiro atoms. The van der Waals surface area contributed by atoms with E-state index in [1.54, 1.807) is 91.0 Å². The van der Waals surface area contributed by atoms with Gasteiger partial charge in [0.25, 0.3) is 0 Å². The summed E-state index contributed by atoms with van der Waals surface area (Å²) in [5, 5.41) is 11.4. The summed E-state index contributed by atoms with van der Waals surface area (Å²) in [5.74, 6) is -2.38. The van der Waals surface area contributed by atoms with Crippen LogP contribution in [0.3, 0.4) is 0 Å². The van der Waals surface area contributed by atoms with Crippen LogP contribution in [0.5, 0.6) is 0 Å². The topological polar surface area (TPSA) is 145 Å². The number of aliphatic hydroxyl groups is 1. The summed E-state index contributed by atoms with van der Waals surface area (Å²) < 4.78 is 51.1. The fourth-order valence-electron chi connectivity index (χ4n) is 6.35. The SMILES string of the molecule is C[C@H]1O[C@H](OC[C@H]2O[C@H](O)[C@H](OC(=O)c3ccccc3)[C@@H](OC(=O)c3ccccc3)[C@@H]2OC(=O)c2ccccc2)[C@@H](I)[C@@H](O[Si](C)(C)C(C)(C)C)[C@@H]1O[Si](C)(C)C(C)(C)C. The van der Waals surface area contributed by atoms with E-state index in [0.717, 1.165) is 0 Å². The van der Waals surface area contributed by atoms with E-state index >= 15 is 0 Å². The number of hydrogen-bond acceptors (Lipinski definition) is 12. The van der Waals surface area contributed by atoms with Crippen molar-refractivity contribution in [1.29, 1.82) is 0 Å². The lowest BCUT2D eigenvalue weighted by molar-refractivity contribution is -0.301. The zero-order chi connectivity index (χ0) is 44.2. The van der Waals surface area contributed by atoms with Crippen LogP contribution < -0.4 is 0 Å². The Morgan fingerprint density at radius 2 is 0.983 bits per heavy atom. The van der Waals surface area contributed by atoms with Gasteiger partial charge in [-0.1, -0.05) is 119 Å². The third-order valence-electron chi connectivity index (χ3n) is 12.0. The maximum atomic E-state index is 13.8. The monoisotopic (exact) mass is 976 g/mol. The molecule has 5 rings (SSSR count). The van der Waals surface area contributed by atoms with Gasteiger partial charge in [-0.2, -0.15) is 0 Å². The molecular formula is C45H61IO12Si2. The molecule has 2 fully saturated rings. The number of halogens is 1. The van der Waals surface area contributed by atoms with Gasteiger partial charge in [-0.3, -0.25) is 0 Å². The van der Waals surface area contributed by atoms with Crippen LogP contribution in [0.25, 0.3) is 0 Å². The molecule has 3 aromatic carbocycles. The van der Waals surface area contributed by atoms with Crippen LogP contribution in [-0.4, -0.2) is 105 Å². The van der Waals surface area contributed by atoms with Crippen LogP contribution in [0.1, 0.15) is 79.5 Å². The van der Waals surface area contributed by atoms with E-state index in [-0.39, 0.29) is 37.3 Å². The first-order valence-electron chi connectivity index (χ1n) is 20.4. The van der Waals surface area contributed by atoms with E-state index in [4.69, 9.17) is 37.3 Å². The van der Waals surface area contributed by atoms with Crippen LogP contribution >= 0.6 is 22.6 Å². The molecule has 0 aliphatic carbocycles. The van der Waals surface area contributed by atoms with Crippen molar-refractivity contribution in [2.45, 2.75) is 144 Å². The van der Waals surface area contributed by atoms with Crippen molar-refractivity contribution in [2.24, 2.45) is 0 Å². The molecular weight excluding hydrogens is 916 g/mol. The minimum absolute atomic E-state index is 0.0680. The van der Waals surface area contributed by atoms with Gasteiger partial charge in [-0.05, 0) is 79.6 Å². The molecule has 328 valence electrons. The average Bonchev–Trinajstić information content (AvgIpc) is 3.19. The van der Waals surface area contributed by atoms with Gasteiger partial charge in [0, 0.05) is 0 Å². The van der Waals surface area contributed by atoms with Crippen molar-refractivity contribution in [3.05, 3.63) is 108 Å². The van der Waals surface area contributed by atoms with Gasteiger partial charge in [0.05, 0.1) is 45.5 Å². The summed E-state index contributed by atoms with van der Waals surface area (Å²) in [6, 6.07) is 24.6. The number of ether oxygens (including phenoxy) is 6. The van der Waals surface area contributed by atoms with Gasteiger partial charge in [-0.25, -0.2) is 14.4 Å². The Bertz CT molecular complexity index is 1890. The first-order chi connectivity index (χ1) is 28.0. The quantitative estimate of drug-likeness (QED) is 0.0575. The van der Waals surface area contributed by atoms with E-state index in [2.05, 4.69) is 90.3 Å². The summed E-state index contributed by atoms with van der Waals surface area (Å²) in [4.78, 5) is 41.0. The van der Waals surface area contributed by atoms with Crippen LogP contribution in [0.4, 0.5) is 0 Å². The van der Waals surface area contributed by atoms with E-state index in [1.807, 2.05) is 6.92 Å². The molecule has 12 nitrogen and oxygen atoms in total. The highest BCUT2D eigenvalue weighted by Gasteiger charge is 2.55. The van der Waals surface area contributed by atoms with Gasteiger partial charge < -0.3 is 42.4 Å². The van der Waals surface area contributed by atoms with Crippen molar-refractivity contribution >= 4 is 57.1 Å². The fraction of sp³-hybridized carbons (Fsp3) is 0.533. The van der Waals surface area contributed by atoms with Crippen LogP contribution in [0.15, 0.2) is 91.0 Å². The molecule has 2 heterocycles. The Morgan fingerprint density at radius 3 is 1.40 bits per heavy atom. The third kappa shape index (κ3) is 11.5. The predicted molar refractivity (Wildman–Crippen MR) is 240 cm³/mol. The maximum Gasteiger partial charge on any atom is 0.338 e. The molecule has 2 aliphatic rings. The van der Waals surface area contributed by atoms with Gasteiger partial charge in [-0.15, -0.1) is 0 Å². The largest absolute Gasteiger partial charge is 0.452 e. The average molecular weight is 977 g/mol. The Labute approximate surface area is 370 Å². The molecule has 2 aliphatic heterocycles. The summed E-state index contributed by atoms with van der Waals surface area (Å²) in [7, 11) is -4.67. The first-order valence-corrected chi connectivity index (χ1v) is 27.5. The van der Waals surface area contributed by atoms with E-state index in [9.17, 15) is 19.5 Å². The highest BCUT2D eigenvalue weighted by molar-refractivity contribution is 14.1. The Kier molecular flexibility index (Phi) is 15.7. The van der Waals surface area contributed by atoms with Gasteiger partial charge in [0.15, 0.2) is 47.5 Å². The molecule has 0 aromatic heterocycles. The molecule has 3 aromatic rings. The summed E-state index contributed by atoms with van der Waals surface area (Å²) in [6.45, 7) is 23.7. The number of esters is 3. The lowest BCUT2D eigenvalue weighted by atomic mass is 9.97. The fourth-order valence-corrected chi connectivity index (χ4v) is 10.2. The lowest BCUT2D eigenvalue weighted by Gasteiger charge is -2.51. The normalized spacial score (nSPS) is 27.8. The number of alkyl halides is 1. The minimum atomic E-state index is -2.37. The number of aliphatic hydroxyl groups excluding tert-OH is 1. The van der Waals surface area contributed by atoms with E-state index in [1.165, 1.54) is 0 Å². The van der Waals surface area contributed by atoms with Crippen LogP contribution in [-0.2, 0) is 37.3 Å². The second kappa shape index (κ2) is 19.6. The first kappa shape index (κ1) is 48.0. The number of carbonyl (C=O) groups is 3. The smallest absolute Gasteiger partial charge is 0.338 e.